The van der Waals surface area contributed by atoms with Gasteiger partial charge in [-0.05, 0) is 66.9 Å². The number of aliphatic hydroxyl groups excluding tert-OH is 2. The minimum absolute atomic E-state index is 0.0175. The Morgan fingerprint density at radius 1 is 1.05 bits per heavy atom. The maximum atomic E-state index is 14.3. The first-order chi connectivity index (χ1) is 19.7. The van der Waals surface area contributed by atoms with E-state index in [2.05, 4.69) is 6.92 Å². The van der Waals surface area contributed by atoms with Gasteiger partial charge in [0.05, 0.1) is 25.2 Å². The average Bonchev–Trinajstić information content (AvgIpc) is 3.84. The molecule has 8 aliphatic rings. The molecule has 0 bridgehead atoms. The lowest BCUT2D eigenvalue weighted by Gasteiger charge is -2.63. The highest BCUT2D eigenvalue weighted by Crippen LogP contribution is 2.83. The van der Waals surface area contributed by atoms with Gasteiger partial charge in [0.2, 0.25) is 5.79 Å². The molecular weight excluding hydrogens is 544 g/mol. The zero-order valence-electron chi connectivity index (χ0n) is 24.4. The van der Waals surface area contributed by atoms with Crippen LogP contribution in [-0.2, 0) is 33.4 Å². The molecule has 0 radical (unpaired) electrons. The van der Waals surface area contributed by atoms with Crippen LogP contribution in [0.3, 0.4) is 0 Å². The molecule has 224 valence electrons. The van der Waals surface area contributed by atoms with E-state index in [0.29, 0.717) is 18.4 Å². The number of esters is 3. The summed E-state index contributed by atoms with van der Waals surface area (Å²) in [5, 5.41) is 34.1. The molecule has 0 aromatic rings. The Kier molecular flexibility index (Phi) is 4.86. The van der Waals surface area contributed by atoms with Crippen molar-refractivity contribution in [1.29, 1.82) is 0 Å². The zero-order valence-corrected chi connectivity index (χ0v) is 24.4. The summed E-state index contributed by atoms with van der Waals surface area (Å²) in [4.78, 5) is 53.2. The number of ether oxygens (including phenoxy) is 3. The fraction of sp³-hybridized carbons (Fsp3) is 0.688. The van der Waals surface area contributed by atoms with Crippen molar-refractivity contribution in [3.05, 3.63) is 33.4 Å². The molecule has 1 spiro atoms. The van der Waals surface area contributed by atoms with Crippen LogP contribution in [-0.4, -0.2) is 70.2 Å². The monoisotopic (exact) mass is 580 g/mol. The number of rotatable bonds is 3. The van der Waals surface area contributed by atoms with Gasteiger partial charge in [-0.25, -0.2) is 9.59 Å². The van der Waals surface area contributed by atoms with Crippen LogP contribution in [0, 0.1) is 52.3 Å². The summed E-state index contributed by atoms with van der Waals surface area (Å²) in [7, 11) is 1.23. The van der Waals surface area contributed by atoms with Gasteiger partial charge in [-0.1, -0.05) is 19.4 Å². The summed E-state index contributed by atoms with van der Waals surface area (Å²) in [5.74, 6) is -6.20. The summed E-state index contributed by atoms with van der Waals surface area (Å²) >= 11 is 0. The predicted molar refractivity (Wildman–Crippen MR) is 142 cm³/mol. The first-order valence-corrected chi connectivity index (χ1v) is 15.0. The zero-order chi connectivity index (χ0) is 30.0. The van der Waals surface area contributed by atoms with Crippen molar-refractivity contribution >= 4 is 23.7 Å². The number of allylic oxidation sites excluding steroid dienone is 1. The molecule has 1 aliphatic heterocycles. The molecular formula is C32H36O10. The van der Waals surface area contributed by atoms with E-state index >= 15 is 0 Å². The first-order valence-electron chi connectivity index (χ1n) is 15.0. The molecule has 42 heavy (non-hydrogen) atoms. The molecule has 0 aromatic carbocycles. The third-order valence-corrected chi connectivity index (χ3v) is 13.2. The van der Waals surface area contributed by atoms with Crippen molar-refractivity contribution in [2.24, 2.45) is 52.3 Å². The fourth-order valence-electron chi connectivity index (χ4n) is 11.5. The third-order valence-electron chi connectivity index (χ3n) is 13.2. The molecule has 5 fully saturated rings. The van der Waals surface area contributed by atoms with Crippen molar-refractivity contribution in [2.75, 3.05) is 13.7 Å². The highest BCUT2D eigenvalue weighted by atomic mass is 16.7. The molecule has 3 N–H and O–H groups in total. The minimum atomic E-state index is -1.74. The first kappa shape index (κ1) is 26.8. The molecule has 0 unspecified atom stereocenters. The maximum Gasteiger partial charge on any atom is 0.337 e. The Morgan fingerprint density at radius 3 is 2.40 bits per heavy atom. The summed E-state index contributed by atoms with van der Waals surface area (Å²) < 4.78 is 17.2. The van der Waals surface area contributed by atoms with E-state index < -0.39 is 76.4 Å². The average molecular weight is 581 g/mol. The van der Waals surface area contributed by atoms with Crippen LogP contribution in [0.15, 0.2) is 33.4 Å². The van der Waals surface area contributed by atoms with E-state index in [1.807, 2.05) is 6.92 Å². The van der Waals surface area contributed by atoms with Crippen LogP contribution in [0.25, 0.3) is 0 Å². The van der Waals surface area contributed by atoms with Crippen molar-refractivity contribution in [2.45, 2.75) is 70.9 Å². The van der Waals surface area contributed by atoms with Crippen LogP contribution in [0.1, 0.15) is 53.4 Å². The second kappa shape index (κ2) is 7.63. The van der Waals surface area contributed by atoms with E-state index in [1.54, 1.807) is 0 Å². The van der Waals surface area contributed by atoms with Gasteiger partial charge in [-0.15, -0.1) is 0 Å². The summed E-state index contributed by atoms with van der Waals surface area (Å²) in [6.07, 6.45) is 0.770. The maximum absolute atomic E-state index is 14.3. The summed E-state index contributed by atoms with van der Waals surface area (Å²) in [6, 6.07) is 0. The van der Waals surface area contributed by atoms with E-state index in [0.717, 1.165) is 17.6 Å². The van der Waals surface area contributed by atoms with E-state index in [4.69, 9.17) is 14.2 Å². The van der Waals surface area contributed by atoms with Crippen LogP contribution in [0.2, 0.25) is 0 Å². The summed E-state index contributed by atoms with van der Waals surface area (Å²) in [5.41, 5.74) is -0.211. The second-order valence-corrected chi connectivity index (χ2v) is 14.4. The number of carbonyl (C=O) groups is 4. The van der Waals surface area contributed by atoms with Crippen molar-refractivity contribution < 1.29 is 48.7 Å². The largest absolute Gasteiger partial charge is 0.466 e. The molecule has 1 heterocycles. The number of fused-ring (bicyclic) bond motifs is 7. The Morgan fingerprint density at radius 2 is 1.76 bits per heavy atom. The van der Waals surface area contributed by atoms with Crippen molar-refractivity contribution in [3.8, 4) is 0 Å². The van der Waals surface area contributed by atoms with Gasteiger partial charge >= 0.3 is 17.9 Å². The standard InChI is InChI=1S/C32H36O10/c1-11(27(37)40-5)22-24-23-14(13-6-16(13)30(23,4)26(36)25(22)35)7-20-29(3)18-8-19(18)32(39,41-12(2)34)21(29)9-17-15(10-33)28(38)42-31(17,20)24/h13,16,18-21,24,26,33,36,39H,6-10H2,1-5H3/b22-11-/t13-,16-,18-,19+,20+,21-,24+,26+,29-,30+,31+,32-/m1/s1. The minimum Gasteiger partial charge on any atom is -0.466 e. The highest BCUT2D eigenvalue weighted by molar-refractivity contribution is 6.09. The summed E-state index contributed by atoms with van der Waals surface area (Å²) in [6.45, 7) is 6.18. The van der Waals surface area contributed by atoms with Crippen molar-refractivity contribution in [3.63, 3.8) is 0 Å². The normalized spacial score (nSPS) is 51.5. The molecule has 7 aliphatic carbocycles. The van der Waals surface area contributed by atoms with Gasteiger partial charge in [0.15, 0.2) is 5.78 Å². The predicted octanol–water partition coefficient (Wildman–Crippen LogP) is 1.52. The number of ketones is 1. The van der Waals surface area contributed by atoms with Gasteiger partial charge in [-0.3, -0.25) is 9.59 Å². The molecule has 0 saturated heterocycles. The molecule has 0 aromatic heterocycles. The van der Waals surface area contributed by atoms with Crippen LogP contribution < -0.4 is 0 Å². The Balaban J connectivity index is 1.44. The molecule has 10 heteroatoms. The number of aliphatic hydroxyl groups is 3. The van der Waals surface area contributed by atoms with E-state index in [-0.39, 0.29) is 46.8 Å². The van der Waals surface area contributed by atoms with E-state index in [9.17, 15) is 34.5 Å². The molecule has 5 saturated carbocycles. The lowest BCUT2D eigenvalue weighted by atomic mass is 9.42. The molecule has 0 amide bonds. The van der Waals surface area contributed by atoms with Gasteiger partial charge in [0, 0.05) is 41.2 Å². The third kappa shape index (κ3) is 2.59. The van der Waals surface area contributed by atoms with Crippen LogP contribution in [0.4, 0.5) is 0 Å². The number of hydrogen-bond acceptors (Lipinski definition) is 10. The van der Waals surface area contributed by atoms with Crippen molar-refractivity contribution in [1.82, 2.24) is 0 Å². The Labute approximate surface area is 242 Å². The van der Waals surface area contributed by atoms with E-state index in [1.165, 1.54) is 21.0 Å². The van der Waals surface area contributed by atoms with Gasteiger partial charge in [0.25, 0.3) is 0 Å². The highest BCUT2D eigenvalue weighted by Gasteiger charge is 2.85. The Bertz CT molecular complexity index is 1530. The van der Waals surface area contributed by atoms with Gasteiger partial charge in [0.1, 0.15) is 11.7 Å². The number of carbonyl (C=O) groups excluding carboxylic acids is 4. The smallest absolute Gasteiger partial charge is 0.337 e. The Hall–Kier alpha value is -2.82. The lowest BCUT2D eigenvalue weighted by molar-refractivity contribution is -0.256. The van der Waals surface area contributed by atoms with Gasteiger partial charge in [-0.2, -0.15) is 0 Å². The number of hydrogen-bond donors (Lipinski definition) is 3. The topological polar surface area (TPSA) is 157 Å². The SMILES string of the molecule is COC(=O)/C(C)=C1\C(=O)[C@H](O)[C@]2(C)C3=C(C[C@@H]4[C@]5(OC(=O)C(CO)=C5C[C@H]5[C@](O)(OC(C)=O)[C@H]6C[C@H]6[C@]45C)[C@H]31)[C@H]1C[C@H]12. The molecule has 8 rings (SSSR count). The quantitative estimate of drug-likeness (QED) is 0.147. The number of methoxy groups -OCH3 is 1. The molecule has 10 nitrogen and oxygen atoms in total. The fourth-order valence-corrected chi connectivity index (χ4v) is 11.5. The van der Waals surface area contributed by atoms with Crippen LogP contribution >= 0.6 is 0 Å². The lowest BCUT2D eigenvalue weighted by Crippen LogP contribution is -2.67. The number of Topliss-reactive ketones (excluding diaryl/α,β-unsaturated/α-hetero) is 1. The molecule has 12 atom stereocenters. The van der Waals surface area contributed by atoms with Crippen LogP contribution in [0.5, 0.6) is 0 Å². The van der Waals surface area contributed by atoms with Gasteiger partial charge < -0.3 is 29.5 Å². The second-order valence-electron chi connectivity index (χ2n) is 14.4.